The van der Waals surface area contributed by atoms with Crippen LogP contribution in [0.25, 0.3) is 11.0 Å². The van der Waals surface area contributed by atoms with Crippen molar-refractivity contribution in [3.05, 3.63) is 28.5 Å². The van der Waals surface area contributed by atoms with Crippen LogP contribution in [0.2, 0.25) is 0 Å². The summed E-state index contributed by atoms with van der Waals surface area (Å²) >= 11 is 3.43. The van der Waals surface area contributed by atoms with Crippen LogP contribution in [0, 0.1) is 0 Å². The summed E-state index contributed by atoms with van der Waals surface area (Å²) in [6.07, 6.45) is 3.48. The number of nitrogens with zero attached hydrogens (tertiary/aromatic N) is 2. The van der Waals surface area contributed by atoms with E-state index in [1.807, 2.05) is 17.6 Å². The summed E-state index contributed by atoms with van der Waals surface area (Å²) in [6.45, 7) is 2.76. The average molecular weight is 283 g/mol. The number of pyridine rings is 1. The minimum atomic E-state index is -0.342. The number of carbonyl (C=O) groups excluding carboxylic acids is 1. The Balaban J connectivity index is 2.79. The van der Waals surface area contributed by atoms with Gasteiger partial charge in [-0.25, -0.2) is 9.78 Å². The molecule has 2 rings (SSSR count). The molecule has 0 amide bonds. The van der Waals surface area contributed by atoms with E-state index in [0.29, 0.717) is 5.56 Å². The molecule has 0 unspecified atom stereocenters. The lowest BCUT2D eigenvalue weighted by Gasteiger charge is -1.99. The van der Waals surface area contributed by atoms with Crippen LogP contribution in [0.1, 0.15) is 17.3 Å². The number of esters is 1. The summed E-state index contributed by atoms with van der Waals surface area (Å²) in [4.78, 5) is 15.9. The number of fused-ring (bicyclic) bond motifs is 1. The smallest absolute Gasteiger partial charge is 0.340 e. The van der Waals surface area contributed by atoms with Crippen molar-refractivity contribution in [1.82, 2.24) is 9.55 Å². The van der Waals surface area contributed by atoms with Gasteiger partial charge in [0.2, 0.25) is 0 Å². The van der Waals surface area contributed by atoms with Gasteiger partial charge in [0.25, 0.3) is 0 Å². The molecule has 0 aliphatic rings. The summed E-state index contributed by atoms with van der Waals surface area (Å²) in [5.74, 6) is -0.342. The Bertz CT molecular complexity index is 548. The number of methoxy groups -OCH3 is 1. The van der Waals surface area contributed by atoms with Gasteiger partial charge in [-0.3, -0.25) is 0 Å². The number of halogens is 1. The van der Waals surface area contributed by atoms with Crippen LogP contribution in [0.15, 0.2) is 22.9 Å². The zero-order valence-electron chi connectivity index (χ0n) is 9.03. The van der Waals surface area contributed by atoms with Crippen molar-refractivity contribution >= 4 is 32.9 Å². The Morgan fingerprint density at radius 2 is 2.38 bits per heavy atom. The molecule has 0 fully saturated rings. The predicted octanol–water partition coefficient (Wildman–Crippen LogP) is 2.61. The number of aryl methyl sites for hydroxylation is 1. The van der Waals surface area contributed by atoms with Crippen molar-refractivity contribution in [2.75, 3.05) is 7.11 Å². The summed E-state index contributed by atoms with van der Waals surface area (Å²) in [5, 5.41) is 0.802. The van der Waals surface area contributed by atoms with Crippen molar-refractivity contribution in [2.24, 2.45) is 0 Å². The molecule has 0 spiro atoms. The molecular formula is C11H11BrN2O2. The van der Waals surface area contributed by atoms with Crippen molar-refractivity contribution < 1.29 is 9.53 Å². The predicted molar refractivity (Wildman–Crippen MR) is 64.4 cm³/mol. The van der Waals surface area contributed by atoms with E-state index in [4.69, 9.17) is 4.74 Å². The van der Waals surface area contributed by atoms with E-state index in [2.05, 4.69) is 20.9 Å². The van der Waals surface area contributed by atoms with Crippen molar-refractivity contribution in [3.63, 3.8) is 0 Å². The Kier molecular flexibility index (Phi) is 2.96. The van der Waals surface area contributed by atoms with Gasteiger partial charge in [0, 0.05) is 28.8 Å². The molecule has 84 valence electrons. The third-order valence-corrected chi connectivity index (χ3v) is 3.11. The van der Waals surface area contributed by atoms with E-state index in [1.54, 1.807) is 12.4 Å². The van der Waals surface area contributed by atoms with E-state index < -0.39 is 0 Å². The fraction of sp³-hybridized carbons (Fsp3) is 0.273. The van der Waals surface area contributed by atoms with Crippen LogP contribution in [0.3, 0.4) is 0 Å². The number of carbonyl (C=O) groups is 1. The molecule has 0 N–H and O–H groups in total. The molecule has 0 aromatic carbocycles. The van der Waals surface area contributed by atoms with Crippen LogP contribution >= 0.6 is 15.9 Å². The molecule has 0 aliphatic carbocycles. The normalized spacial score (nSPS) is 10.7. The lowest BCUT2D eigenvalue weighted by Crippen LogP contribution is -2.00. The van der Waals surface area contributed by atoms with E-state index >= 15 is 0 Å². The highest BCUT2D eigenvalue weighted by Gasteiger charge is 2.17. The third-order valence-electron chi connectivity index (χ3n) is 2.45. The van der Waals surface area contributed by atoms with E-state index in [1.165, 1.54) is 7.11 Å². The van der Waals surface area contributed by atoms with Gasteiger partial charge in [-0.1, -0.05) is 0 Å². The van der Waals surface area contributed by atoms with Gasteiger partial charge in [0.1, 0.15) is 5.65 Å². The lowest BCUT2D eigenvalue weighted by molar-refractivity contribution is 0.0602. The fourth-order valence-corrected chi connectivity index (χ4v) is 2.19. The van der Waals surface area contributed by atoms with Gasteiger partial charge in [-0.05, 0) is 28.9 Å². The van der Waals surface area contributed by atoms with E-state index in [-0.39, 0.29) is 5.97 Å². The molecule has 0 saturated heterocycles. The van der Waals surface area contributed by atoms with Crippen molar-refractivity contribution in [1.29, 1.82) is 0 Å². The average Bonchev–Trinajstić information content (AvgIpc) is 2.68. The highest BCUT2D eigenvalue weighted by molar-refractivity contribution is 9.10. The molecule has 0 bridgehead atoms. The summed E-state index contributed by atoms with van der Waals surface area (Å²) in [6, 6.07) is 1.81. The topological polar surface area (TPSA) is 44.1 Å². The number of ether oxygens (including phenoxy) is 1. The zero-order valence-corrected chi connectivity index (χ0v) is 10.6. The first-order chi connectivity index (χ1) is 7.69. The minimum Gasteiger partial charge on any atom is -0.465 e. The monoisotopic (exact) mass is 282 g/mol. The van der Waals surface area contributed by atoms with Gasteiger partial charge >= 0.3 is 5.97 Å². The SMILES string of the molecule is CCn1cc(C(=O)OC)c2c(Br)ccnc21. The van der Waals surface area contributed by atoms with Gasteiger partial charge in [0.05, 0.1) is 12.7 Å². The van der Waals surface area contributed by atoms with Gasteiger partial charge < -0.3 is 9.30 Å². The minimum absolute atomic E-state index is 0.342. The van der Waals surface area contributed by atoms with Crippen LogP contribution in [-0.2, 0) is 11.3 Å². The fourth-order valence-electron chi connectivity index (χ4n) is 1.68. The lowest BCUT2D eigenvalue weighted by atomic mass is 10.2. The van der Waals surface area contributed by atoms with Crippen LogP contribution < -0.4 is 0 Å². The zero-order chi connectivity index (χ0) is 11.7. The maximum Gasteiger partial charge on any atom is 0.340 e. The first-order valence-corrected chi connectivity index (χ1v) is 5.70. The molecule has 0 atom stereocenters. The summed E-state index contributed by atoms with van der Waals surface area (Å²) < 4.78 is 7.53. The summed E-state index contributed by atoms with van der Waals surface area (Å²) in [5.41, 5.74) is 1.33. The molecule has 0 aliphatic heterocycles. The van der Waals surface area contributed by atoms with E-state index in [9.17, 15) is 4.79 Å². The Labute approximate surface area is 101 Å². The van der Waals surface area contributed by atoms with Crippen LogP contribution in [0.4, 0.5) is 0 Å². The number of rotatable bonds is 2. The van der Waals surface area contributed by atoms with Crippen LogP contribution in [0.5, 0.6) is 0 Å². The second-order valence-corrected chi connectivity index (χ2v) is 4.17. The van der Waals surface area contributed by atoms with Crippen molar-refractivity contribution in [2.45, 2.75) is 13.5 Å². The summed E-state index contributed by atoms with van der Waals surface area (Å²) in [7, 11) is 1.38. The maximum absolute atomic E-state index is 11.6. The number of aromatic nitrogens is 2. The Morgan fingerprint density at radius 1 is 1.62 bits per heavy atom. The molecule has 16 heavy (non-hydrogen) atoms. The molecule has 2 aromatic heterocycles. The second-order valence-electron chi connectivity index (χ2n) is 3.31. The standard InChI is InChI=1S/C11H11BrN2O2/c1-3-14-6-7(11(15)16-2)9-8(12)4-5-13-10(9)14/h4-6H,3H2,1-2H3. The molecule has 2 aromatic rings. The highest BCUT2D eigenvalue weighted by Crippen LogP contribution is 2.27. The van der Waals surface area contributed by atoms with Crippen LogP contribution in [-0.4, -0.2) is 22.6 Å². The highest BCUT2D eigenvalue weighted by atomic mass is 79.9. The van der Waals surface area contributed by atoms with Gasteiger partial charge in [-0.15, -0.1) is 0 Å². The molecule has 4 nitrogen and oxygen atoms in total. The van der Waals surface area contributed by atoms with E-state index in [0.717, 1.165) is 22.1 Å². The number of hydrogen-bond acceptors (Lipinski definition) is 3. The molecule has 5 heteroatoms. The maximum atomic E-state index is 11.6. The molecular weight excluding hydrogens is 272 g/mol. The Hall–Kier alpha value is -1.36. The Morgan fingerprint density at radius 3 is 3.00 bits per heavy atom. The second kappa shape index (κ2) is 4.25. The van der Waals surface area contributed by atoms with Gasteiger partial charge in [0.15, 0.2) is 0 Å². The first-order valence-electron chi connectivity index (χ1n) is 4.90. The quantitative estimate of drug-likeness (QED) is 0.796. The largest absolute Gasteiger partial charge is 0.465 e. The first kappa shape index (κ1) is 11.1. The number of hydrogen-bond donors (Lipinski definition) is 0. The molecule has 0 saturated carbocycles. The molecule has 0 radical (unpaired) electrons. The molecule has 2 heterocycles. The third kappa shape index (κ3) is 1.61. The van der Waals surface area contributed by atoms with Gasteiger partial charge in [-0.2, -0.15) is 0 Å². The van der Waals surface area contributed by atoms with Crippen molar-refractivity contribution in [3.8, 4) is 0 Å².